The molecule has 19 heavy (non-hydrogen) atoms. The van der Waals surface area contributed by atoms with Gasteiger partial charge in [-0.15, -0.1) is 0 Å². The Labute approximate surface area is 114 Å². The van der Waals surface area contributed by atoms with Gasteiger partial charge in [0.1, 0.15) is 0 Å². The molecule has 4 rings (SSSR count). The molecule has 0 aromatic carbocycles. The van der Waals surface area contributed by atoms with Crippen molar-refractivity contribution in [1.82, 2.24) is 4.90 Å². The van der Waals surface area contributed by atoms with Crippen LogP contribution in [0.3, 0.4) is 0 Å². The van der Waals surface area contributed by atoms with Crippen LogP contribution in [0.4, 0.5) is 0 Å². The van der Waals surface area contributed by atoms with E-state index in [1.165, 1.54) is 12.8 Å². The van der Waals surface area contributed by atoms with E-state index in [9.17, 15) is 10.0 Å². The zero-order chi connectivity index (χ0) is 13.0. The molecule has 1 amide bonds. The zero-order valence-electron chi connectivity index (χ0n) is 11.6. The smallest absolute Gasteiger partial charge is 0.222 e. The summed E-state index contributed by atoms with van der Waals surface area (Å²) in [6, 6.07) is 0.685. The number of hydrogen-bond donors (Lipinski definition) is 0. The molecule has 5 atom stereocenters. The Hall–Kier alpha value is -0.610. The van der Waals surface area contributed by atoms with Gasteiger partial charge < -0.3 is 14.8 Å². The molecular weight excluding hydrogens is 240 g/mol. The van der Waals surface area contributed by atoms with E-state index in [0.29, 0.717) is 29.8 Å². The summed E-state index contributed by atoms with van der Waals surface area (Å²) in [6.07, 6.45) is 7.52. The van der Waals surface area contributed by atoms with Crippen molar-refractivity contribution in [3.05, 3.63) is 5.21 Å². The molecule has 2 bridgehead atoms. The second-order valence-electron chi connectivity index (χ2n) is 7.18. The number of quaternary nitrogens is 1. The predicted molar refractivity (Wildman–Crippen MR) is 71.9 cm³/mol. The van der Waals surface area contributed by atoms with Gasteiger partial charge in [-0.3, -0.25) is 4.79 Å². The number of fused-ring (bicyclic) bond motifs is 6. The molecule has 0 aromatic rings. The SMILES string of the molecule is O=C1CCCC2C3CC(CN12)C1CCCC[N+]1([O-])C3. The molecule has 0 saturated carbocycles. The Kier molecular flexibility index (Phi) is 2.68. The van der Waals surface area contributed by atoms with Gasteiger partial charge in [0, 0.05) is 37.3 Å². The lowest BCUT2D eigenvalue weighted by atomic mass is 9.70. The maximum absolute atomic E-state index is 13.1. The third-order valence-corrected chi connectivity index (χ3v) is 6.17. The molecule has 5 unspecified atom stereocenters. The Balaban J connectivity index is 1.64. The number of rotatable bonds is 0. The molecule has 4 fully saturated rings. The van der Waals surface area contributed by atoms with E-state index in [-0.39, 0.29) is 4.65 Å². The summed E-state index contributed by atoms with van der Waals surface area (Å²) in [5.74, 6) is 1.32. The van der Waals surface area contributed by atoms with E-state index < -0.39 is 0 Å². The minimum absolute atomic E-state index is 0.0772. The van der Waals surface area contributed by atoms with Crippen LogP contribution < -0.4 is 0 Å². The summed E-state index contributed by atoms with van der Waals surface area (Å²) in [5, 5.41) is 13.1. The monoisotopic (exact) mass is 264 g/mol. The van der Waals surface area contributed by atoms with Crippen molar-refractivity contribution in [3.8, 4) is 0 Å². The molecule has 0 aliphatic carbocycles. The van der Waals surface area contributed by atoms with Gasteiger partial charge >= 0.3 is 0 Å². The summed E-state index contributed by atoms with van der Waals surface area (Å²) < 4.78 is 0.0772. The standard InChI is InChI=1S/C15H24N2O2/c18-15-6-3-4-13-12-8-11(9-16(13)15)14-5-1-2-7-17(14,19)10-12/h11-14H,1-10H2. The lowest BCUT2D eigenvalue weighted by Crippen LogP contribution is -2.69. The van der Waals surface area contributed by atoms with Crippen molar-refractivity contribution in [1.29, 1.82) is 0 Å². The molecule has 4 heterocycles. The number of carbonyl (C=O) groups excluding carboxylic acids is 1. The molecule has 0 radical (unpaired) electrons. The molecule has 0 aromatic heterocycles. The van der Waals surface area contributed by atoms with E-state index in [1.54, 1.807) is 0 Å². The number of hydroxylamine groups is 3. The van der Waals surface area contributed by atoms with Crippen LogP contribution in [0.15, 0.2) is 0 Å². The second kappa shape index (κ2) is 4.19. The third-order valence-electron chi connectivity index (χ3n) is 6.17. The minimum atomic E-state index is 0.0772. The highest BCUT2D eigenvalue weighted by Crippen LogP contribution is 2.46. The number of piperidine rings is 4. The largest absolute Gasteiger partial charge is 0.633 e. The van der Waals surface area contributed by atoms with Gasteiger partial charge in [0.05, 0.1) is 19.1 Å². The zero-order valence-corrected chi connectivity index (χ0v) is 11.6. The molecule has 4 heteroatoms. The van der Waals surface area contributed by atoms with Crippen LogP contribution in [0.25, 0.3) is 0 Å². The van der Waals surface area contributed by atoms with E-state index in [4.69, 9.17) is 0 Å². The molecule has 4 aliphatic rings. The van der Waals surface area contributed by atoms with Gasteiger partial charge in [-0.2, -0.15) is 0 Å². The summed E-state index contributed by atoms with van der Waals surface area (Å²) in [5.41, 5.74) is 0. The fourth-order valence-corrected chi connectivity index (χ4v) is 5.40. The molecule has 0 spiro atoms. The van der Waals surface area contributed by atoms with Crippen molar-refractivity contribution in [3.63, 3.8) is 0 Å². The Bertz CT molecular complexity index is 400. The molecule has 4 aliphatic heterocycles. The number of hydrogen-bond acceptors (Lipinski definition) is 2. The van der Waals surface area contributed by atoms with Gasteiger partial charge in [0.25, 0.3) is 0 Å². The lowest BCUT2D eigenvalue weighted by Gasteiger charge is -2.63. The van der Waals surface area contributed by atoms with Crippen LogP contribution in [-0.4, -0.2) is 47.2 Å². The van der Waals surface area contributed by atoms with Gasteiger partial charge in [0.15, 0.2) is 0 Å². The average molecular weight is 264 g/mol. The number of amides is 1. The quantitative estimate of drug-likeness (QED) is 0.495. The van der Waals surface area contributed by atoms with E-state index in [2.05, 4.69) is 4.90 Å². The van der Waals surface area contributed by atoms with Crippen LogP contribution in [0.5, 0.6) is 0 Å². The minimum Gasteiger partial charge on any atom is -0.633 e. The average Bonchev–Trinajstić information content (AvgIpc) is 2.39. The number of carbonyl (C=O) groups is 1. The van der Waals surface area contributed by atoms with Gasteiger partial charge in [0.2, 0.25) is 5.91 Å². The van der Waals surface area contributed by atoms with Gasteiger partial charge in [-0.25, -0.2) is 0 Å². The second-order valence-corrected chi connectivity index (χ2v) is 7.18. The summed E-state index contributed by atoms with van der Waals surface area (Å²) >= 11 is 0. The Morgan fingerprint density at radius 1 is 1.16 bits per heavy atom. The first kappa shape index (κ1) is 12.2. The van der Waals surface area contributed by atoms with Crippen molar-refractivity contribution >= 4 is 5.91 Å². The van der Waals surface area contributed by atoms with Crippen molar-refractivity contribution in [2.75, 3.05) is 19.6 Å². The normalized spacial score (nSPS) is 49.5. The van der Waals surface area contributed by atoms with Gasteiger partial charge in [-0.05, 0) is 32.1 Å². The van der Waals surface area contributed by atoms with Crippen molar-refractivity contribution in [2.45, 2.75) is 57.0 Å². The van der Waals surface area contributed by atoms with E-state index >= 15 is 0 Å². The highest BCUT2D eigenvalue weighted by Gasteiger charge is 2.52. The fraction of sp³-hybridized carbons (Fsp3) is 0.933. The molecule has 4 nitrogen and oxygen atoms in total. The first-order valence-corrected chi connectivity index (χ1v) is 8.05. The molecule has 0 N–H and O–H groups in total. The summed E-state index contributed by atoms with van der Waals surface area (Å²) in [4.78, 5) is 14.3. The maximum Gasteiger partial charge on any atom is 0.222 e. The van der Waals surface area contributed by atoms with Crippen molar-refractivity contribution < 1.29 is 9.44 Å². The predicted octanol–water partition coefficient (Wildman–Crippen LogP) is 1.88. The van der Waals surface area contributed by atoms with Crippen LogP contribution in [-0.2, 0) is 4.79 Å². The van der Waals surface area contributed by atoms with Crippen LogP contribution in [0.1, 0.15) is 44.9 Å². The highest BCUT2D eigenvalue weighted by atomic mass is 16.5. The van der Waals surface area contributed by atoms with Crippen LogP contribution in [0.2, 0.25) is 0 Å². The maximum atomic E-state index is 13.1. The topological polar surface area (TPSA) is 43.4 Å². The first-order valence-electron chi connectivity index (χ1n) is 8.05. The van der Waals surface area contributed by atoms with Crippen LogP contribution in [0, 0.1) is 17.0 Å². The highest BCUT2D eigenvalue weighted by molar-refractivity contribution is 5.77. The lowest BCUT2D eigenvalue weighted by molar-refractivity contribution is -0.925. The van der Waals surface area contributed by atoms with Gasteiger partial charge in [-0.1, -0.05) is 0 Å². The summed E-state index contributed by atoms with van der Waals surface area (Å²) in [7, 11) is 0. The fourth-order valence-electron chi connectivity index (χ4n) is 5.40. The van der Waals surface area contributed by atoms with E-state index in [0.717, 1.165) is 51.7 Å². The summed E-state index contributed by atoms with van der Waals surface area (Å²) in [6.45, 7) is 2.50. The molecular formula is C15H24N2O2. The molecule has 106 valence electrons. The molecule has 4 saturated heterocycles. The Morgan fingerprint density at radius 3 is 2.95 bits per heavy atom. The third kappa shape index (κ3) is 1.76. The first-order chi connectivity index (χ1) is 9.17. The Morgan fingerprint density at radius 2 is 2.05 bits per heavy atom. The van der Waals surface area contributed by atoms with E-state index in [1.807, 2.05) is 0 Å². The van der Waals surface area contributed by atoms with Crippen molar-refractivity contribution in [2.24, 2.45) is 11.8 Å². The number of nitrogens with zero attached hydrogens (tertiary/aromatic N) is 2. The van der Waals surface area contributed by atoms with Crippen LogP contribution >= 0.6 is 0 Å².